The highest BCUT2D eigenvalue weighted by atomic mass is 32.2. The van der Waals surface area contributed by atoms with Gasteiger partial charge in [0.25, 0.3) is 0 Å². The summed E-state index contributed by atoms with van der Waals surface area (Å²) < 4.78 is 0. The monoisotopic (exact) mass is 150 g/mol. The van der Waals surface area contributed by atoms with E-state index < -0.39 is 16.2 Å². The fourth-order valence-corrected chi connectivity index (χ4v) is 3.23. The van der Waals surface area contributed by atoms with Crippen LogP contribution < -0.4 is 0 Å². The largest absolute Gasteiger partial charge is 0.474 e. The molecule has 0 aliphatic carbocycles. The highest BCUT2D eigenvalue weighted by Crippen LogP contribution is 2.38. The van der Waals surface area contributed by atoms with E-state index in [1.54, 1.807) is 17.2 Å². The maximum absolute atomic E-state index is 10.2. The Hall–Kier alpha value is -0.0900. The molecule has 8 heavy (non-hydrogen) atoms. The lowest BCUT2D eigenvalue weighted by Crippen LogP contribution is -1.89. The minimum atomic E-state index is -0.805. The molecular weight excluding hydrogens is 144 g/mol. The molecule has 0 aromatic rings. The molecule has 1 aliphatic rings. The normalized spacial score (nSPS) is 30.8. The van der Waals surface area contributed by atoms with E-state index >= 15 is 0 Å². The van der Waals surface area contributed by atoms with E-state index in [2.05, 4.69) is 0 Å². The minimum absolute atomic E-state index is 0.652. The lowest BCUT2D eigenvalue weighted by molar-refractivity contribution is 0.222. The second-order valence-corrected chi connectivity index (χ2v) is 4.59. The Morgan fingerprint density at radius 2 is 2.62 bits per heavy atom. The number of hydrogen-bond acceptors (Lipinski definition) is 2. The molecule has 1 unspecified atom stereocenters. The summed E-state index contributed by atoms with van der Waals surface area (Å²) in [5.41, 5.74) is 0. The molecule has 0 aromatic carbocycles. The van der Waals surface area contributed by atoms with Gasteiger partial charge in [0.05, 0.1) is 0 Å². The summed E-state index contributed by atoms with van der Waals surface area (Å²) in [6, 6.07) is 0. The van der Waals surface area contributed by atoms with Crippen molar-refractivity contribution in [1.82, 2.24) is 0 Å². The van der Waals surface area contributed by atoms with Crippen LogP contribution in [0.4, 0.5) is 4.79 Å². The van der Waals surface area contributed by atoms with Crippen LogP contribution in [0.5, 0.6) is 0 Å². The summed E-state index contributed by atoms with van der Waals surface area (Å²) in [5.74, 6) is 0. The molecule has 1 atom stereocenters. The van der Waals surface area contributed by atoms with Gasteiger partial charge < -0.3 is 5.11 Å². The molecule has 0 saturated carbocycles. The fraction of sp³-hybridized carbons (Fsp3) is 0.250. The molecule has 1 heterocycles. The van der Waals surface area contributed by atoms with Crippen LogP contribution in [0.1, 0.15) is 0 Å². The Balaban J connectivity index is 2.48. The molecule has 0 bridgehead atoms. The Bertz CT molecular complexity index is 132. The van der Waals surface area contributed by atoms with Crippen molar-refractivity contribution in [2.24, 2.45) is 0 Å². The van der Waals surface area contributed by atoms with E-state index in [9.17, 15) is 4.79 Å². The molecule has 0 amide bonds. The second kappa shape index (κ2) is 2.46. The summed E-state index contributed by atoms with van der Waals surface area (Å²) in [7, 11) is -0.805. The van der Waals surface area contributed by atoms with Crippen LogP contribution in [-0.4, -0.2) is 15.5 Å². The zero-order valence-electron chi connectivity index (χ0n) is 4.07. The maximum atomic E-state index is 10.2. The molecule has 1 aliphatic heterocycles. The Labute approximate surface area is 54.3 Å². The zero-order chi connectivity index (χ0) is 5.98. The average Bonchev–Trinajstić information content (AvgIpc) is 2.12. The molecule has 0 radical (unpaired) electrons. The number of thioether (sulfide) groups is 1. The van der Waals surface area contributed by atoms with Crippen molar-refractivity contribution in [1.29, 1.82) is 0 Å². The summed E-state index contributed by atoms with van der Waals surface area (Å²) in [6.45, 7) is 0. The third-order valence-electron chi connectivity index (χ3n) is 0.796. The van der Waals surface area contributed by atoms with Crippen molar-refractivity contribution in [3.05, 3.63) is 10.8 Å². The van der Waals surface area contributed by atoms with Crippen LogP contribution in [0.15, 0.2) is 10.8 Å². The van der Waals surface area contributed by atoms with Crippen LogP contribution in [0.3, 0.4) is 0 Å². The van der Waals surface area contributed by atoms with Gasteiger partial charge in [-0.3, -0.25) is 0 Å². The summed E-state index contributed by atoms with van der Waals surface area (Å²) >= 11 is 1.58. The predicted octanol–water partition coefficient (Wildman–Crippen LogP) is 1.84. The number of carboxylic acid groups (broad SMARTS) is 1. The molecule has 2 nitrogen and oxygen atoms in total. The maximum Gasteiger partial charge on any atom is 0.348 e. The second-order valence-electron chi connectivity index (χ2n) is 1.33. The fourth-order valence-electron chi connectivity index (χ4n) is 0.402. The van der Waals surface area contributed by atoms with E-state index in [0.717, 1.165) is 5.08 Å². The Morgan fingerprint density at radius 1 is 1.88 bits per heavy atom. The molecule has 0 fully saturated rings. The molecule has 1 N–H and O–H groups in total. The molecule has 0 spiro atoms. The van der Waals surface area contributed by atoms with Gasteiger partial charge in [0, 0.05) is 5.08 Å². The van der Waals surface area contributed by atoms with E-state index in [1.165, 1.54) is 0 Å². The smallest absolute Gasteiger partial charge is 0.348 e. The number of hydrogen-bond donors (Lipinski definition) is 2. The highest BCUT2D eigenvalue weighted by molar-refractivity contribution is 8.40. The van der Waals surface area contributed by atoms with E-state index in [-0.39, 0.29) is 0 Å². The van der Waals surface area contributed by atoms with Gasteiger partial charge in [-0.25, -0.2) is 4.79 Å². The van der Waals surface area contributed by atoms with Crippen LogP contribution in [0.25, 0.3) is 0 Å². The van der Waals surface area contributed by atoms with E-state index in [1.807, 2.05) is 5.41 Å². The van der Waals surface area contributed by atoms with Crippen molar-refractivity contribution in [3.8, 4) is 0 Å². The van der Waals surface area contributed by atoms with Gasteiger partial charge >= 0.3 is 5.30 Å². The van der Waals surface area contributed by atoms with Gasteiger partial charge in [0.1, 0.15) is 0 Å². The molecule has 4 heteroatoms. The van der Waals surface area contributed by atoms with Crippen molar-refractivity contribution >= 4 is 28.0 Å². The van der Waals surface area contributed by atoms with Gasteiger partial charge in [0.15, 0.2) is 0 Å². The van der Waals surface area contributed by atoms with Crippen LogP contribution in [0, 0.1) is 0 Å². The highest BCUT2D eigenvalue weighted by Gasteiger charge is 2.11. The van der Waals surface area contributed by atoms with Crippen LogP contribution in [0.2, 0.25) is 0 Å². The third kappa shape index (κ3) is 1.20. The quantitative estimate of drug-likeness (QED) is 0.517. The topological polar surface area (TPSA) is 37.3 Å². The predicted molar refractivity (Wildman–Crippen MR) is 38.6 cm³/mol. The molecule has 0 saturated heterocycles. The SMILES string of the molecule is O=C(O)[SH]1C=CSC1. The van der Waals surface area contributed by atoms with Crippen molar-refractivity contribution < 1.29 is 9.90 Å². The van der Waals surface area contributed by atoms with Gasteiger partial charge in [-0.05, 0) is 10.8 Å². The zero-order valence-corrected chi connectivity index (χ0v) is 5.78. The average molecular weight is 150 g/mol. The lowest BCUT2D eigenvalue weighted by atomic mass is 11.3. The number of thiol groups is 1. The van der Waals surface area contributed by atoms with Crippen molar-refractivity contribution in [3.63, 3.8) is 0 Å². The van der Waals surface area contributed by atoms with Crippen molar-refractivity contribution in [2.75, 3.05) is 5.08 Å². The van der Waals surface area contributed by atoms with Crippen LogP contribution in [-0.2, 0) is 0 Å². The van der Waals surface area contributed by atoms with E-state index in [4.69, 9.17) is 5.11 Å². The first kappa shape index (κ1) is 6.04. The first-order chi connectivity index (χ1) is 3.80. The van der Waals surface area contributed by atoms with Gasteiger partial charge in [0.2, 0.25) is 0 Å². The summed E-state index contributed by atoms with van der Waals surface area (Å²) in [6.07, 6.45) is 0. The third-order valence-corrected chi connectivity index (χ3v) is 4.04. The standard InChI is InChI=1S/C4H6O2S2/c5-4(6)8-2-1-7-3-8/h1-2,8H,3H2,(H,5,6). The Kier molecular flexibility index (Phi) is 1.85. The van der Waals surface area contributed by atoms with Crippen LogP contribution >= 0.6 is 22.7 Å². The van der Waals surface area contributed by atoms with Gasteiger partial charge in [-0.2, -0.15) is 0 Å². The number of rotatable bonds is 0. The first-order valence-electron chi connectivity index (χ1n) is 2.08. The van der Waals surface area contributed by atoms with Gasteiger partial charge in [-0.15, -0.1) is 22.7 Å². The minimum Gasteiger partial charge on any atom is -0.474 e. The number of carbonyl (C=O) groups is 1. The molecule has 1 rings (SSSR count). The van der Waals surface area contributed by atoms with E-state index in [0.29, 0.717) is 0 Å². The summed E-state index contributed by atoms with van der Waals surface area (Å²) in [4.78, 5) is 10.2. The lowest BCUT2D eigenvalue weighted by Gasteiger charge is -2.00. The Morgan fingerprint density at radius 3 is 2.88 bits per heavy atom. The first-order valence-corrected chi connectivity index (χ1v) is 4.73. The molecular formula is C4H6O2S2. The van der Waals surface area contributed by atoms with Crippen molar-refractivity contribution in [2.45, 2.75) is 0 Å². The molecule has 0 aromatic heterocycles. The van der Waals surface area contributed by atoms with Gasteiger partial charge in [-0.1, -0.05) is 0 Å². The summed E-state index contributed by atoms with van der Waals surface area (Å²) in [5, 5.41) is 12.1. The molecule has 46 valence electrons.